The van der Waals surface area contributed by atoms with Gasteiger partial charge < -0.3 is 4.74 Å². The number of carbonyl (C=O) groups excluding carboxylic acids is 1. The van der Waals surface area contributed by atoms with Crippen molar-refractivity contribution in [2.45, 2.75) is 12.4 Å². The molecule has 0 aliphatic heterocycles. The van der Waals surface area contributed by atoms with Crippen molar-refractivity contribution in [1.82, 2.24) is 5.43 Å². The van der Waals surface area contributed by atoms with Crippen molar-refractivity contribution in [3.63, 3.8) is 0 Å². The molecule has 3 aromatic carbocycles. The average Bonchev–Trinajstić information content (AvgIpc) is 2.74. The summed E-state index contributed by atoms with van der Waals surface area (Å²) < 4.78 is 6.79. The van der Waals surface area contributed by atoms with Crippen molar-refractivity contribution in [1.29, 1.82) is 0 Å². The molecule has 4 nitrogen and oxygen atoms in total. The van der Waals surface area contributed by atoms with E-state index in [0.29, 0.717) is 17.4 Å². The first-order chi connectivity index (χ1) is 14.6. The Labute approximate surface area is 193 Å². The van der Waals surface area contributed by atoms with E-state index in [1.165, 1.54) is 5.56 Å². The Kier molecular flexibility index (Phi) is 8.81. The Morgan fingerprint density at radius 2 is 1.90 bits per heavy atom. The minimum Gasteiger partial charge on any atom is -0.489 e. The molecule has 0 aliphatic carbocycles. The lowest BCUT2D eigenvalue weighted by Crippen LogP contribution is -2.19. The topological polar surface area (TPSA) is 50.7 Å². The van der Waals surface area contributed by atoms with Gasteiger partial charge in [-0.15, -0.1) is 11.8 Å². The number of benzene rings is 3. The van der Waals surface area contributed by atoms with E-state index in [0.717, 1.165) is 27.1 Å². The highest BCUT2D eigenvalue weighted by Crippen LogP contribution is 2.19. The number of carbonyl (C=O) groups is 1. The van der Waals surface area contributed by atoms with E-state index in [1.54, 1.807) is 18.0 Å². The zero-order valence-electron chi connectivity index (χ0n) is 16.1. The van der Waals surface area contributed by atoms with Gasteiger partial charge in [-0.3, -0.25) is 4.79 Å². The SMILES string of the molecule is O=C(CSCc1cccc(Br)c1)N/N=C\c1ccc(OCc2ccccc2Cl)cc1. The molecule has 0 atom stereocenters. The molecule has 3 rings (SSSR count). The van der Waals surface area contributed by atoms with E-state index in [4.69, 9.17) is 16.3 Å². The molecule has 3 aromatic rings. The summed E-state index contributed by atoms with van der Waals surface area (Å²) >= 11 is 11.1. The van der Waals surface area contributed by atoms with Crippen LogP contribution < -0.4 is 10.2 Å². The third-order valence-electron chi connectivity index (χ3n) is 4.03. The lowest BCUT2D eigenvalue weighted by molar-refractivity contribution is -0.118. The van der Waals surface area contributed by atoms with Crippen LogP contribution in [0.4, 0.5) is 0 Å². The third kappa shape index (κ3) is 7.52. The predicted octanol–water partition coefficient (Wildman–Crippen LogP) is 6.07. The molecule has 7 heteroatoms. The van der Waals surface area contributed by atoms with Crippen LogP contribution in [-0.2, 0) is 17.2 Å². The van der Waals surface area contributed by atoms with Gasteiger partial charge in [0.15, 0.2) is 0 Å². The van der Waals surface area contributed by atoms with Gasteiger partial charge in [0, 0.05) is 20.8 Å². The molecule has 0 saturated heterocycles. The molecule has 0 saturated carbocycles. The second-order valence-corrected chi connectivity index (χ2v) is 8.67. The molecule has 0 aromatic heterocycles. The van der Waals surface area contributed by atoms with Gasteiger partial charge in [-0.1, -0.05) is 57.9 Å². The predicted molar refractivity (Wildman–Crippen MR) is 128 cm³/mol. The first-order valence-electron chi connectivity index (χ1n) is 9.20. The molecule has 30 heavy (non-hydrogen) atoms. The van der Waals surface area contributed by atoms with Crippen LogP contribution in [0.1, 0.15) is 16.7 Å². The number of hydrazone groups is 1. The highest BCUT2D eigenvalue weighted by Gasteiger charge is 2.02. The van der Waals surface area contributed by atoms with Crippen LogP contribution in [0, 0.1) is 0 Å². The number of nitrogens with one attached hydrogen (secondary N) is 1. The molecule has 0 fully saturated rings. The Morgan fingerprint density at radius 1 is 1.10 bits per heavy atom. The number of halogens is 2. The summed E-state index contributed by atoms with van der Waals surface area (Å²) in [4.78, 5) is 11.9. The van der Waals surface area contributed by atoms with Gasteiger partial charge >= 0.3 is 0 Å². The highest BCUT2D eigenvalue weighted by molar-refractivity contribution is 9.10. The smallest absolute Gasteiger partial charge is 0.250 e. The second kappa shape index (κ2) is 11.8. The van der Waals surface area contributed by atoms with Crippen molar-refractivity contribution in [3.05, 3.63) is 99.0 Å². The number of hydrogen-bond donors (Lipinski definition) is 1. The van der Waals surface area contributed by atoms with Crippen molar-refractivity contribution in [2.24, 2.45) is 5.10 Å². The molecule has 154 valence electrons. The van der Waals surface area contributed by atoms with E-state index in [1.807, 2.05) is 72.8 Å². The number of ether oxygens (including phenoxy) is 1. The summed E-state index contributed by atoms with van der Waals surface area (Å²) in [6.07, 6.45) is 1.61. The molecule has 0 bridgehead atoms. The van der Waals surface area contributed by atoms with E-state index in [-0.39, 0.29) is 5.91 Å². The number of rotatable bonds is 9. The van der Waals surface area contributed by atoms with Gasteiger partial charge in [-0.25, -0.2) is 5.43 Å². The van der Waals surface area contributed by atoms with Crippen LogP contribution in [0.25, 0.3) is 0 Å². The van der Waals surface area contributed by atoms with Crippen LogP contribution in [0.3, 0.4) is 0 Å². The molecular formula is C23H20BrClN2O2S. The van der Waals surface area contributed by atoms with Crippen molar-refractivity contribution in [3.8, 4) is 5.75 Å². The van der Waals surface area contributed by atoms with E-state index < -0.39 is 0 Å². The largest absolute Gasteiger partial charge is 0.489 e. The van der Waals surface area contributed by atoms with Crippen LogP contribution in [0.2, 0.25) is 5.02 Å². The zero-order valence-corrected chi connectivity index (χ0v) is 19.2. The van der Waals surface area contributed by atoms with E-state index in [2.05, 4.69) is 26.5 Å². The van der Waals surface area contributed by atoms with Crippen LogP contribution in [-0.4, -0.2) is 17.9 Å². The van der Waals surface area contributed by atoms with Gasteiger partial charge in [-0.05, 0) is 53.6 Å². The molecule has 1 N–H and O–H groups in total. The lowest BCUT2D eigenvalue weighted by Gasteiger charge is -2.07. The van der Waals surface area contributed by atoms with Gasteiger partial charge in [0.2, 0.25) is 5.91 Å². The van der Waals surface area contributed by atoms with Gasteiger partial charge in [-0.2, -0.15) is 5.10 Å². The Hall–Kier alpha value is -2.28. The maximum atomic E-state index is 11.9. The molecule has 0 aliphatic rings. The van der Waals surface area contributed by atoms with Crippen molar-refractivity contribution in [2.75, 3.05) is 5.75 Å². The Balaban J connectivity index is 1.39. The number of hydrogen-bond acceptors (Lipinski definition) is 4. The quantitative estimate of drug-likeness (QED) is 0.285. The molecule has 0 radical (unpaired) electrons. The van der Waals surface area contributed by atoms with Gasteiger partial charge in [0.25, 0.3) is 0 Å². The van der Waals surface area contributed by atoms with Crippen LogP contribution >= 0.6 is 39.3 Å². The van der Waals surface area contributed by atoms with Crippen molar-refractivity contribution >= 4 is 51.4 Å². The second-order valence-electron chi connectivity index (χ2n) is 6.37. The average molecular weight is 504 g/mol. The number of thioether (sulfide) groups is 1. The first kappa shape index (κ1) is 22.4. The fourth-order valence-corrected chi connectivity index (χ4v) is 3.93. The fraction of sp³-hybridized carbons (Fsp3) is 0.130. The Morgan fingerprint density at radius 3 is 2.67 bits per heavy atom. The number of nitrogens with zero attached hydrogens (tertiary/aromatic N) is 1. The first-order valence-corrected chi connectivity index (χ1v) is 11.5. The minimum absolute atomic E-state index is 0.133. The summed E-state index contributed by atoms with van der Waals surface area (Å²) in [7, 11) is 0. The Bertz CT molecular complexity index is 1010. The summed E-state index contributed by atoms with van der Waals surface area (Å²) in [5.41, 5.74) is 5.52. The molecule has 0 unspecified atom stereocenters. The standard InChI is InChI=1S/C23H20BrClN2O2S/c24-20-6-3-4-18(12-20)15-30-16-23(28)27-26-13-17-8-10-21(11-9-17)29-14-19-5-1-2-7-22(19)25/h1-13H,14-16H2,(H,27,28)/b26-13-. The summed E-state index contributed by atoms with van der Waals surface area (Å²) in [6, 6.07) is 23.1. The summed E-state index contributed by atoms with van der Waals surface area (Å²) in [5.74, 6) is 1.72. The van der Waals surface area contributed by atoms with E-state index >= 15 is 0 Å². The van der Waals surface area contributed by atoms with Crippen LogP contribution in [0.15, 0.2) is 82.4 Å². The maximum Gasteiger partial charge on any atom is 0.250 e. The van der Waals surface area contributed by atoms with Crippen LogP contribution in [0.5, 0.6) is 5.75 Å². The fourth-order valence-electron chi connectivity index (χ4n) is 2.53. The normalized spacial score (nSPS) is 10.9. The zero-order chi connectivity index (χ0) is 21.2. The van der Waals surface area contributed by atoms with Gasteiger partial charge in [0.1, 0.15) is 12.4 Å². The van der Waals surface area contributed by atoms with E-state index in [9.17, 15) is 4.79 Å². The van der Waals surface area contributed by atoms with Crippen molar-refractivity contribution < 1.29 is 9.53 Å². The summed E-state index contributed by atoms with van der Waals surface area (Å²) in [6.45, 7) is 0.404. The molecule has 1 amide bonds. The molecule has 0 heterocycles. The van der Waals surface area contributed by atoms with Gasteiger partial charge in [0.05, 0.1) is 12.0 Å². The third-order valence-corrected chi connectivity index (χ3v) is 5.89. The molecular weight excluding hydrogens is 484 g/mol. The highest BCUT2D eigenvalue weighted by atomic mass is 79.9. The number of amides is 1. The lowest BCUT2D eigenvalue weighted by atomic mass is 10.2. The minimum atomic E-state index is -0.133. The monoisotopic (exact) mass is 502 g/mol. The maximum absolute atomic E-state index is 11.9. The molecule has 0 spiro atoms. The summed E-state index contributed by atoms with van der Waals surface area (Å²) in [5, 5.41) is 4.70.